The molecular weight excluding hydrogens is 409 g/mol. The predicted octanol–water partition coefficient (Wildman–Crippen LogP) is 4.00. The molecule has 1 amide bonds. The van der Waals surface area contributed by atoms with Gasteiger partial charge in [-0.15, -0.1) is 0 Å². The van der Waals surface area contributed by atoms with E-state index in [0.29, 0.717) is 18.4 Å². The van der Waals surface area contributed by atoms with Crippen LogP contribution in [-0.2, 0) is 11.2 Å². The van der Waals surface area contributed by atoms with Crippen molar-refractivity contribution in [2.75, 3.05) is 0 Å². The molecule has 2 heterocycles. The van der Waals surface area contributed by atoms with Crippen LogP contribution in [0.25, 0.3) is 10.9 Å². The van der Waals surface area contributed by atoms with Gasteiger partial charge in [0, 0.05) is 20.0 Å². The van der Waals surface area contributed by atoms with E-state index < -0.39 is 35.0 Å². The van der Waals surface area contributed by atoms with Crippen molar-refractivity contribution in [2.45, 2.75) is 38.1 Å². The molecule has 0 aliphatic heterocycles. The summed E-state index contributed by atoms with van der Waals surface area (Å²) in [6.45, 7) is 1.51. The van der Waals surface area contributed by atoms with Crippen LogP contribution < -0.4 is 10.9 Å². The van der Waals surface area contributed by atoms with Gasteiger partial charge in [-0.1, -0.05) is 0 Å². The molecule has 1 aliphatic carbocycles. The Morgan fingerprint density at radius 1 is 1.35 bits per heavy atom. The van der Waals surface area contributed by atoms with E-state index in [0.717, 1.165) is 12.1 Å². The highest BCUT2D eigenvalue weighted by Crippen LogP contribution is 2.44. The minimum absolute atomic E-state index is 0. The predicted molar refractivity (Wildman–Crippen MR) is 110 cm³/mol. The van der Waals surface area contributed by atoms with Gasteiger partial charge in [-0.3, -0.25) is 14.6 Å². The van der Waals surface area contributed by atoms with Gasteiger partial charge in [0.25, 0.3) is 5.56 Å². The van der Waals surface area contributed by atoms with Gasteiger partial charge in [-0.05, 0) is 49.4 Å². The van der Waals surface area contributed by atoms with Gasteiger partial charge in [-0.2, -0.15) is 5.26 Å². The number of aromatic amines is 1. The number of hydrogen-bond donors (Lipinski definition) is 2. The average molecular weight is 430 g/mol. The number of H-pyrrole nitrogens is 1. The number of pyridine rings is 2. The fraction of sp³-hybridized carbons (Fsp3) is 0.273. The molecule has 1 saturated carbocycles. The number of nitriles is 1. The van der Waals surface area contributed by atoms with Crippen molar-refractivity contribution < 1.29 is 20.8 Å². The Kier molecular flexibility index (Phi) is 5.23. The number of halogens is 3. The second-order valence-electron chi connectivity index (χ2n) is 7.57. The molecule has 0 unspecified atom stereocenters. The Morgan fingerprint density at radius 3 is 2.74 bits per heavy atom. The normalized spacial score (nSPS) is 14.3. The Hall–Kier alpha value is -3.67. The Bertz CT molecular complexity index is 1320. The Morgan fingerprint density at radius 2 is 2.10 bits per heavy atom. The summed E-state index contributed by atoms with van der Waals surface area (Å²) in [6.07, 6.45) is 2.23. The highest BCUT2D eigenvalue weighted by molar-refractivity contribution is 5.87. The van der Waals surface area contributed by atoms with Crippen LogP contribution in [0, 0.1) is 28.8 Å². The molecule has 1 aromatic carbocycles. The molecule has 4 rings (SSSR count). The number of nitrogens with one attached hydrogen (secondary N) is 2. The van der Waals surface area contributed by atoms with E-state index in [1.807, 2.05) is 0 Å². The van der Waals surface area contributed by atoms with E-state index in [1.165, 1.54) is 19.2 Å². The SMILES string of the molecule is C[C@H](NC(=O)Cc1c(C2CC2)c2c(F)c(F)ccc2[nH]c1=O)c1ncc(C#N)cc1F.[HH].[HH]. The maximum Gasteiger partial charge on any atom is 0.252 e. The second kappa shape index (κ2) is 7.87. The molecule has 0 saturated heterocycles. The maximum absolute atomic E-state index is 14.6. The van der Waals surface area contributed by atoms with Crippen LogP contribution >= 0.6 is 0 Å². The number of amides is 1. The summed E-state index contributed by atoms with van der Waals surface area (Å²) >= 11 is 0. The number of hydrogen-bond acceptors (Lipinski definition) is 4. The van der Waals surface area contributed by atoms with Crippen molar-refractivity contribution in [1.82, 2.24) is 15.3 Å². The van der Waals surface area contributed by atoms with Crippen molar-refractivity contribution in [3.05, 3.63) is 74.6 Å². The smallest absolute Gasteiger partial charge is 0.252 e. The highest BCUT2D eigenvalue weighted by atomic mass is 19.2. The summed E-state index contributed by atoms with van der Waals surface area (Å²) in [4.78, 5) is 31.7. The van der Waals surface area contributed by atoms with Crippen molar-refractivity contribution >= 4 is 16.8 Å². The molecule has 1 atom stereocenters. The summed E-state index contributed by atoms with van der Waals surface area (Å²) < 4.78 is 42.6. The lowest BCUT2D eigenvalue weighted by Crippen LogP contribution is -2.32. The lowest BCUT2D eigenvalue weighted by Gasteiger charge is -2.16. The monoisotopic (exact) mass is 430 g/mol. The molecular formula is C22H21F3N4O2. The van der Waals surface area contributed by atoms with Crippen molar-refractivity contribution in [3.63, 3.8) is 0 Å². The average Bonchev–Trinajstić information content (AvgIpc) is 3.56. The molecule has 1 fully saturated rings. The molecule has 1 aliphatic rings. The molecule has 2 N–H and O–H groups in total. The molecule has 6 nitrogen and oxygen atoms in total. The van der Waals surface area contributed by atoms with Crippen molar-refractivity contribution in [2.24, 2.45) is 0 Å². The summed E-state index contributed by atoms with van der Waals surface area (Å²) in [5.74, 6) is -3.56. The first-order valence-electron chi connectivity index (χ1n) is 9.67. The van der Waals surface area contributed by atoms with Gasteiger partial charge in [0.2, 0.25) is 5.91 Å². The number of rotatable bonds is 5. The van der Waals surface area contributed by atoms with E-state index in [1.54, 1.807) is 6.07 Å². The number of carbonyl (C=O) groups is 1. The summed E-state index contributed by atoms with van der Waals surface area (Å²) in [7, 11) is 0. The molecule has 0 spiro atoms. The Labute approximate surface area is 177 Å². The third-order valence-electron chi connectivity index (χ3n) is 5.32. The van der Waals surface area contributed by atoms with Crippen LogP contribution in [0.3, 0.4) is 0 Å². The van der Waals surface area contributed by atoms with Crippen molar-refractivity contribution in [1.29, 1.82) is 5.26 Å². The van der Waals surface area contributed by atoms with Gasteiger partial charge in [0.05, 0.1) is 29.2 Å². The fourth-order valence-electron chi connectivity index (χ4n) is 3.74. The zero-order valence-corrected chi connectivity index (χ0v) is 16.4. The fourth-order valence-corrected chi connectivity index (χ4v) is 3.74. The Balaban J connectivity index is 0.00000193. The minimum atomic E-state index is -1.06. The van der Waals surface area contributed by atoms with Crippen LogP contribution in [-0.4, -0.2) is 15.9 Å². The van der Waals surface area contributed by atoms with E-state index in [4.69, 9.17) is 5.26 Å². The first kappa shape index (κ1) is 20.6. The number of aromatic nitrogens is 2. The van der Waals surface area contributed by atoms with Crippen molar-refractivity contribution in [3.8, 4) is 6.07 Å². The highest BCUT2D eigenvalue weighted by Gasteiger charge is 2.32. The topological polar surface area (TPSA) is 98.6 Å². The lowest BCUT2D eigenvalue weighted by atomic mass is 9.96. The van der Waals surface area contributed by atoms with Crippen LogP contribution in [0.1, 0.15) is 57.0 Å². The van der Waals surface area contributed by atoms with E-state index in [9.17, 15) is 22.8 Å². The van der Waals surface area contributed by atoms with Gasteiger partial charge < -0.3 is 10.3 Å². The van der Waals surface area contributed by atoms with E-state index in [-0.39, 0.29) is 42.9 Å². The molecule has 31 heavy (non-hydrogen) atoms. The van der Waals surface area contributed by atoms with Crippen LogP contribution in [0.2, 0.25) is 0 Å². The molecule has 3 aromatic rings. The summed E-state index contributed by atoms with van der Waals surface area (Å²) in [5, 5.41) is 11.4. The largest absolute Gasteiger partial charge is 0.348 e. The number of carbonyl (C=O) groups excluding carboxylic acids is 1. The zero-order chi connectivity index (χ0) is 22.3. The third-order valence-corrected chi connectivity index (χ3v) is 5.32. The first-order chi connectivity index (χ1) is 14.8. The molecule has 162 valence electrons. The van der Waals surface area contributed by atoms with E-state index in [2.05, 4.69) is 15.3 Å². The van der Waals surface area contributed by atoms with Gasteiger partial charge in [-0.25, -0.2) is 13.2 Å². The van der Waals surface area contributed by atoms with Gasteiger partial charge >= 0.3 is 0 Å². The quantitative estimate of drug-likeness (QED) is 0.639. The molecule has 0 radical (unpaired) electrons. The lowest BCUT2D eigenvalue weighted by molar-refractivity contribution is -0.121. The standard InChI is InChI=1S/C22H17F3N4O2.2H2/c1-10(21-15(24)6-11(8-26)9-27-21)28-17(30)7-13-18(12-2-3-12)19-16(29-22(13)31)5-4-14(23)20(19)25;;/h4-6,9-10,12H,2-3,7H2,1H3,(H,28,30)(H,29,31);2*1H/t10-;;/m0../s1. The number of nitrogens with zero attached hydrogens (tertiary/aromatic N) is 2. The van der Waals surface area contributed by atoms with Gasteiger partial charge in [0.15, 0.2) is 11.6 Å². The van der Waals surface area contributed by atoms with Crippen LogP contribution in [0.5, 0.6) is 0 Å². The molecule has 0 bridgehead atoms. The minimum Gasteiger partial charge on any atom is -0.348 e. The summed E-state index contributed by atoms with van der Waals surface area (Å²) in [6, 6.07) is 4.19. The molecule has 9 heteroatoms. The first-order valence-corrected chi connectivity index (χ1v) is 9.67. The van der Waals surface area contributed by atoms with Crippen LogP contribution in [0.4, 0.5) is 13.2 Å². The van der Waals surface area contributed by atoms with Crippen LogP contribution in [0.15, 0.2) is 29.2 Å². The number of benzene rings is 1. The van der Waals surface area contributed by atoms with Gasteiger partial charge in [0.1, 0.15) is 11.9 Å². The second-order valence-corrected chi connectivity index (χ2v) is 7.57. The summed E-state index contributed by atoms with van der Waals surface area (Å²) in [5.41, 5.74) is 0.0258. The molecule has 2 aromatic heterocycles. The van der Waals surface area contributed by atoms with E-state index >= 15 is 0 Å². The maximum atomic E-state index is 14.6. The third kappa shape index (κ3) is 3.89. The number of fused-ring (bicyclic) bond motifs is 1. The zero-order valence-electron chi connectivity index (χ0n) is 16.4.